The molecule has 1 aliphatic rings. The number of rotatable bonds is 5. The third kappa shape index (κ3) is 3.55. The molecule has 1 amide bonds. The van der Waals surface area contributed by atoms with Crippen molar-refractivity contribution in [1.29, 1.82) is 0 Å². The van der Waals surface area contributed by atoms with Gasteiger partial charge >= 0.3 is 5.97 Å². The Labute approximate surface area is 155 Å². The van der Waals surface area contributed by atoms with Crippen molar-refractivity contribution in [2.75, 3.05) is 18.8 Å². The van der Waals surface area contributed by atoms with Crippen LogP contribution in [-0.2, 0) is 15.6 Å². The molecule has 0 bridgehead atoms. The largest absolute Gasteiger partial charge is 0.481 e. The quantitative estimate of drug-likeness (QED) is 0.877. The van der Waals surface area contributed by atoms with E-state index < -0.39 is 22.7 Å². The van der Waals surface area contributed by atoms with E-state index in [0.29, 0.717) is 22.8 Å². The Hall–Kier alpha value is -2.47. The van der Waals surface area contributed by atoms with Crippen LogP contribution in [0.5, 0.6) is 0 Å². The zero-order chi connectivity index (χ0) is 18.7. The molecule has 1 aliphatic heterocycles. The lowest BCUT2D eigenvalue weighted by Gasteiger charge is -2.18. The number of likely N-dealkylation sites (tertiary alicyclic amines) is 1. The maximum atomic E-state index is 13.0. The smallest absolute Gasteiger partial charge is 0.308 e. The minimum atomic E-state index is -1.25. The first kappa shape index (κ1) is 18.3. The first-order valence-electron chi connectivity index (χ1n) is 8.57. The molecule has 6 heteroatoms. The monoisotopic (exact) mass is 371 g/mol. The van der Waals surface area contributed by atoms with Gasteiger partial charge in [0.25, 0.3) is 5.91 Å². The Morgan fingerprint density at radius 1 is 1.08 bits per heavy atom. The molecule has 0 spiro atoms. The second kappa shape index (κ2) is 7.83. The van der Waals surface area contributed by atoms with E-state index >= 15 is 0 Å². The number of benzene rings is 2. The highest BCUT2D eigenvalue weighted by Gasteiger charge is 2.41. The number of carbonyl (C=O) groups excluding carboxylic acids is 1. The lowest BCUT2D eigenvalue weighted by atomic mass is 9.89. The molecule has 0 aliphatic carbocycles. The Balaban J connectivity index is 1.90. The molecule has 2 aromatic rings. The van der Waals surface area contributed by atoms with E-state index in [9.17, 15) is 18.9 Å². The summed E-state index contributed by atoms with van der Waals surface area (Å²) in [5, 5.41) is 9.61. The van der Waals surface area contributed by atoms with Crippen LogP contribution in [0.3, 0.4) is 0 Å². The number of hydrogen-bond acceptors (Lipinski definition) is 3. The predicted molar refractivity (Wildman–Crippen MR) is 99.6 cm³/mol. The molecule has 2 aromatic carbocycles. The molecular formula is C20H21NO4S. The van der Waals surface area contributed by atoms with Gasteiger partial charge < -0.3 is 10.0 Å². The number of nitrogens with zero attached hydrogens (tertiary/aromatic N) is 1. The molecule has 1 heterocycles. The SMILES string of the molecule is CCS(=O)c1ccccc1C(=O)N1C[C@H](C(=O)O)[C@H](c2ccccc2)C1. The highest BCUT2D eigenvalue weighted by atomic mass is 32.2. The molecule has 0 saturated carbocycles. The van der Waals surface area contributed by atoms with Crippen molar-refractivity contribution in [2.45, 2.75) is 17.7 Å². The summed E-state index contributed by atoms with van der Waals surface area (Å²) in [5.74, 6) is -1.63. The van der Waals surface area contributed by atoms with Gasteiger partial charge in [0, 0.05) is 24.8 Å². The van der Waals surface area contributed by atoms with E-state index in [1.807, 2.05) is 30.3 Å². The van der Waals surface area contributed by atoms with Crippen molar-refractivity contribution in [3.05, 3.63) is 65.7 Å². The van der Waals surface area contributed by atoms with Gasteiger partial charge in [0.05, 0.1) is 27.2 Å². The minimum Gasteiger partial charge on any atom is -0.481 e. The number of carbonyl (C=O) groups is 2. The van der Waals surface area contributed by atoms with Crippen LogP contribution in [-0.4, -0.2) is 44.9 Å². The topological polar surface area (TPSA) is 74.7 Å². The molecule has 3 atom stereocenters. The van der Waals surface area contributed by atoms with Crippen molar-refractivity contribution in [1.82, 2.24) is 4.90 Å². The number of amides is 1. The van der Waals surface area contributed by atoms with E-state index in [1.165, 1.54) is 0 Å². The second-order valence-electron chi connectivity index (χ2n) is 6.30. The molecular weight excluding hydrogens is 350 g/mol. The molecule has 26 heavy (non-hydrogen) atoms. The Kier molecular flexibility index (Phi) is 5.52. The van der Waals surface area contributed by atoms with Gasteiger partial charge in [0.15, 0.2) is 0 Å². The highest BCUT2D eigenvalue weighted by molar-refractivity contribution is 7.85. The Bertz CT molecular complexity index is 837. The molecule has 3 rings (SSSR count). The average Bonchev–Trinajstić information content (AvgIpc) is 3.13. The third-order valence-electron chi connectivity index (χ3n) is 4.78. The van der Waals surface area contributed by atoms with Crippen LogP contribution in [0.2, 0.25) is 0 Å². The first-order valence-corrected chi connectivity index (χ1v) is 9.89. The van der Waals surface area contributed by atoms with Crippen molar-refractivity contribution >= 4 is 22.7 Å². The summed E-state index contributed by atoms with van der Waals surface area (Å²) in [6.07, 6.45) is 0. The van der Waals surface area contributed by atoms with Crippen LogP contribution in [0.25, 0.3) is 0 Å². The maximum absolute atomic E-state index is 13.0. The number of aliphatic carboxylic acids is 1. The fourth-order valence-corrected chi connectivity index (χ4v) is 4.37. The molecule has 136 valence electrons. The van der Waals surface area contributed by atoms with Crippen LogP contribution in [0, 0.1) is 5.92 Å². The maximum Gasteiger partial charge on any atom is 0.308 e. The van der Waals surface area contributed by atoms with E-state index in [4.69, 9.17) is 0 Å². The molecule has 1 N–H and O–H groups in total. The average molecular weight is 371 g/mol. The van der Waals surface area contributed by atoms with E-state index in [-0.39, 0.29) is 18.4 Å². The third-order valence-corrected chi connectivity index (χ3v) is 6.15. The molecule has 0 radical (unpaired) electrons. The van der Waals surface area contributed by atoms with Gasteiger partial charge in [-0.25, -0.2) is 0 Å². The zero-order valence-corrected chi connectivity index (χ0v) is 15.3. The normalized spacial score (nSPS) is 20.7. The lowest BCUT2D eigenvalue weighted by Crippen LogP contribution is -2.30. The van der Waals surface area contributed by atoms with Gasteiger partial charge in [0.1, 0.15) is 0 Å². The van der Waals surface area contributed by atoms with Gasteiger partial charge in [-0.3, -0.25) is 13.8 Å². The van der Waals surface area contributed by atoms with Gasteiger partial charge in [-0.1, -0.05) is 49.4 Å². The van der Waals surface area contributed by atoms with Crippen LogP contribution in [0.4, 0.5) is 0 Å². The van der Waals surface area contributed by atoms with E-state index in [0.717, 1.165) is 5.56 Å². The minimum absolute atomic E-state index is 0.154. The summed E-state index contributed by atoms with van der Waals surface area (Å²) in [6, 6.07) is 16.3. The second-order valence-corrected chi connectivity index (χ2v) is 8.01. The molecule has 0 aromatic heterocycles. The van der Waals surface area contributed by atoms with Crippen LogP contribution in [0.15, 0.2) is 59.5 Å². The molecule has 1 unspecified atom stereocenters. The summed E-state index contributed by atoms with van der Waals surface area (Å²) >= 11 is 0. The fraction of sp³-hybridized carbons (Fsp3) is 0.300. The van der Waals surface area contributed by atoms with E-state index in [2.05, 4.69) is 0 Å². The highest BCUT2D eigenvalue weighted by Crippen LogP contribution is 2.34. The van der Waals surface area contributed by atoms with Crippen molar-refractivity contribution < 1.29 is 18.9 Å². The van der Waals surface area contributed by atoms with Crippen molar-refractivity contribution in [2.24, 2.45) is 5.92 Å². The van der Waals surface area contributed by atoms with Gasteiger partial charge in [-0.05, 0) is 17.7 Å². The lowest BCUT2D eigenvalue weighted by molar-refractivity contribution is -0.141. The summed E-state index contributed by atoms with van der Waals surface area (Å²) in [5.41, 5.74) is 1.31. The Morgan fingerprint density at radius 2 is 1.73 bits per heavy atom. The summed E-state index contributed by atoms with van der Waals surface area (Å²) < 4.78 is 12.3. The van der Waals surface area contributed by atoms with Gasteiger partial charge in [-0.15, -0.1) is 0 Å². The summed E-state index contributed by atoms with van der Waals surface area (Å²) in [6.45, 7) is 2.30. The zero-order valence-electron chi connectivity index (χ0n) is 14.5. The molecule has 1 fully saturated rings. The molecule has 1 saturated heterocycles. The van der Waals surface area contributed by atoms with Gasteiger partial charge in [-0.2, -0.15) is 0 Å². The van der Waals surface area contributed by atoms with Gasteiger partial charge in [0.2, 0.25) is 0 Å². The molecule has 5 nitrogen and oxygen atoms in total. The number of carboxylic acid groups (broad SMARTS) is 1. The predicted octanol–water partition coefficient (Wildman–Crippen LogP) is 2.75. The summed E-state index contributed by atoms with van der Waals surface area (Å²) in [4.78, 5) is 26.8. The van der Waals surface area contributed by atoms with Crippen LogP contribution >= 0.6 is 0 Å². The standard InChI is InChI=1S/C20H21NO4S/c1-2-26(25)18-11-7-6-10-15(18)19(22)21-12-16(17(13-21)20(23)24)14-8-4-3-5-9-14/h3-11,16-17H,2,12-13H2,1H3,(H,23,24)/t16-,17-,26?/m0/s1. The Morgan fingerprint density at radius 3 is 2.38 bits per heavy atom. The fourth-order valence-electron chi connectivity index (χ4n) is 3.43. The van der Waals surface area contributed by atoms with Crippen molar-refractivity contribution in [3.63, 3.8) is 0 Å². The van der Waals surface area contributed by atoms with E-state index in [1.54, 1.807) is 36.1 Å². The first-order chi connectivity index (χ1) is 12.5. The summed E-state index contributed by atoms with van der Waals surface area (Å²) in [7, 11) is -1.25. The van der Waals surface area contributed by atoms with Crippen LogP contribution < -0.4 is 0 Å². The van der Waals surface area contributed by atoms with Crippen LogP contribution in [0.1, 0.15) is 28.8 Å². The van der Waals surface area contributed by atoms with Crippen molar-refractivity contribution in [3.8, 4) is 0 Å². The number of hydrogen-bond donors (Lipinski definition) is 1. The number of carboxylic acids is 1.